The molecular weight excluding hydrogens is 198 g/mol. The minimum absolute atomic E-state index is 0.468. The molecule has 0 N–H and O–H groups in total. The molecule has 2 nitrogen and oxygen atoms in total. The van der Waals surface area contributed by atoms with Crippen molar-refractivity contribution in [1.29, 1.82) is 0 Å². The van der Waals surface area contributed by atoms with Crippen LogP contribution in [0, 0.1) is 0 Å². The van der Waals surface area contributed by atoms with E-state index < -0.39 is 0 Å². The highest BCUT2D eigenvalue weighted by molar-refractivity contribution is 5.53. The number of anilines is 1. The SMILES string of the molecule is CC(C)c1ccc(N(C)C)cc1OC1CC1. The molecule has 2 heteroatoms. The second-order valence-electron chi connectivity index (χ2n) is 5.09. The summed E-state index contributed by atoms with van der Waals surface area (Å²) in [5, 5.41) is 0. The van der Waals surface area contributed by atoms with Crippen molar-refractivity contribution in [2.24, 2.45) is 0 Å². The molecule has 2 rings (SSSR count). The molecule has 0 amide bonds. The van der Waals surface area contributed by atoms with Gasteiger partial charge in [-0.2, -0.15) is 0 Å². The van der Waals surface area contributed by atoms with Gasteiger partial charge in [0.15, 0.2) is 0 Å². The molecule has 0 heterocycles. The summed E-state index contributed by atoms with van der Waals surface area (Å²) in [7, 11) is 4.12. The fourth-order valence-corrected chi connectivity index (χ4v) is 1.75. The molecule has 0 spiro atoms. The van der Waals surface area contributed by atoms with E-state index in [1.807, 2.05) is 0 Å². The van der Waals surface area contributed by atoms with Crippen LogP contribution in [0.25, 0.3) is 0 Å². The van der Waals surface area contributed by atoms with Crippen molar-refractivity contribution in [1.82, 2.24) is 0 Å². The first-order valence-corrected chi connectivity index (χ1v) is 6.06. The number of hydrogen-bond donors (Lipinski definition) is 0. The summed E-state index contributed by atoms with van der Waals surface area (Å²) < 4.78 is 5.98. The highest BCUT2D eigenvalue weighted by atomic mass is 16.5. The summed E-state index contributed by atoms with van der Waals surface area (Å²) in [5.74, 6) is 1.59. The first-order chi connectivity index (χ1) is 7.58. The summed E-state index contributed by atoms with van der Waals surface area (Å²) in [6.45, 7) is 4.43. The van der Waals surface area contributed by atoms with E-state index >= 15 is 0 Å². The lowest BCUT2D eigenvalue weighted by molar-refractivity contribution is 0.299. The minimum Gasteiger partial charge on any atom is -0.490 e. The molecule has 0 bridgehead atoms. The normalized spacial score (nSPS) is 15.3. The van der Waals surface area contributed by atoms with Gasteiger partial charge in [0.2, 0.25) is 0 Å². The van der Waals surface area contributed by atoms with E-state index in [0.29, 0.717) is 12.0 Å². The second-order valence-corrected chi connectivity index (χ2v) is 5.09. The quantitative estimate of drug-likeness (QED) is 0.769. The molecule has 0 aliphatic heterocycles. The van der Waals surface area contributed by atoms with Crippen molar-refractivity contribution in [2.45, 2.75) is 38.7 Å². The maximum Gasteiger partial charge on any atom is 0.125 e. The Morgan fingerprint density at radius 3 is 2.44 bits per heavy atom. The van der Waals surface area contributed by atoms with E-state index in [4.69, 9.17) is 4.74 Å². The third kappa shape index (κ3) is 2.49. The van der Waals surface area contributed by atoms with E-state index in [1.54, 1.807) is 0 Å². The molecule has 1 aromatic rings. The third-order valence-corrected chi connectivity index (χ3v) is 2.95. The molecule has 0 unspecified atom stereocenters. The van der Waals surface area contributed by atoms with Gasteiger partial charge < -0.3 is 9.64 Å². The molecule has 0 atom stereocenters. The van der Waals surface area contributed by atoms with Gasteiger partial charge in [-0.05, 0) is 30.4 Å². The predicted octanol–water partition coefficient (Wildman–Crippen LogP) is 3.42. The van der Waals surface area contributed by atoms with Gasteiger partial charge in [0, 0.05) is 25.8 Å². The zero-order chi connectivity index (χ0) is 11.7. The van der Waals surface area contributed by atoms with Gasteiger partial charge in [-0.25, -0.2) is 0 Å². The summed E-state index contributed by atoms with van der Waals surface area (Å²) in [4.78, 5) is 2.11. The smallest absolute Gasteiger partial charge is 0.125 e. The number of rotatable bonds is 4. The van der Waals surface area contributed by atoms with Crippen molar-refractivity contribution >= 4 is 5.69 Å². The Hall–Kier alpha value is -1.18. The van der Waals surface area contributed by atoms with Crippen molar-refractivity contribution in [3.63, 3.8) is 0 Å². The van der Waals surface area contributed by atoms with E-state index in [9.17, 15) is 0 Å². The van der Waals surface area contributed by atoms with Gasteiger partial charge >= 0.3 is 0 Å². The van der Waals surface area contributed by atoms with E-state index in [1.165, 1.54) is 24.1 Å². The summed E-state index contributed by atoms with van der Waals surface area (Å²) in [5.41, 5.74) is 2.53. The maximum absolute atomic E-state index is 5.98. The lowest BCUT2D eigenvalue weighted by Crippen LogP contribution is -2.10. The molecule has 1 aromatic carbocycles. The van der Waals surface area contributed by atoms with Crippen molar-refractivity contribution in [3.8, 4) is 5.75 Å². The molecule has 0 saturated heterocycles. The summed E-state index contributed by atoms with van der Waals surface area (Å²) in [6, 6.07) is 6.51. The zero-order valence-electron chi connectivity index (χ0n) is 10.7. The van der Waals surface area contributed by atoms with Crippen LogP contribution in [0.15, 0.2) is 18.2 Å². The van der Waals surface area contributed by atoms with Crippen LogP contribution in [0.2, 0.25) is 0 Å². The Morgan fingerprint density at radius 1 is 1.25 bits per heavy atom. The number of ether oxygens (including phenoxy) is 1. The number of nitrogens with zero attached hydrogens (tertiary/aromatic N) is 1. The Kier molecular flexibility index (Phi) is 3.08. The average Bonchev–Trinajstić information content (AvgIpc) is 3.01. The topological polar surface area (TPSA) is 12.5 Å². The van der Waals surface area contributed by atoms with Gasteiger partial charge in [-0.15, -0.1) is 0 Å². The van der Waals surface area contributed by atoms with Crippen molar-refractivity contribution < 1.29 is 4.74 Å². The highest BCUT2D eigenvalue weighted by Crippen LogP contribution is 2.35. The predicted molar refractivity (Wildman–Crippen MR) is 68.5 cm³/mol. The Labute approximate surface area is 98.2 Å². The standard InChI is InChI=1S/C14H21NO/c1-10(2)13-8-5-11(15(3)4)9-14(13)16-12-6-7-12/h5,8-10,12H,6-7H2,1-4H3. The van der Waals surface area contributed by atoms with Crippen molar-refractivity contribution in [3.05, 3.63) is 23.8 Å². The minimum atomic E-state index is 0.468. The zero-order valence-corrected chi connectivity index (χ0v) is 10.7. The van der Waals surface area contributed by atoms with Crippen LogP contribution in [0.4, 0.5) is 5.69 Å². The molecule has 1 saturated carbocycles. The molecule has 1 aliphatic carbocycles. The number of benzene rings is 1. The van der Waals surface area contributed by atoms with Crippen LogP contribution in [-0.2, 0) is 0 Å². The average molecular weight is 219 g/mol. The van der Waals surface area contributed by atoms with Crippen LogP contribution < -0.4 is 9.64 Å². The second kappa shape index (κ2) is 4.36. The largest absolute Gasteiger partial charge is 0.490 e. The highest BCUT2D eigenvalue weighted by Gasteiger charge is 2.25. The molecular formula is C14H21NO. The van der Waals surface area contributed by atoms with Gasteiger partial charge in [-0.3, -0.25) is 0 Å². The van der Waals surface area contributed by atoms with Gasteiger partial charge in [0.25, 0.3) is 0 Å². The summed E-state index contributed by atoms with van der Waals surface area (Å²) in [6.07, 6.45) is 2.89. The first-order valence-electron chi connectivity index (χ1n) is 6.06. The van der Waals surface area contributed by atoms with Crippen LogP contribution in [0.3, 0.4) is 0 Å². The van der Waals surface area contributed by atoms with Crippen LogP contribution in [0.5, 0.6) is 5.75 Å². The van der Waals surface area contributed by atoms with Gasteiger partial charge in [0.1, 0.15) is 5.75 Å². The lowest BCUT2D eigenvalue weighted by Gasteiger charge is -2.18. The fourth-order valence-electron chi connectivity index (χ4n) is 1.75. The van der Waals surface area contributed by atoms with Crippen molar-refractivity contribution in [2.75, 3.05) is 19.0 Å². The van der Waals surface area contributed by atoms with Crippen LogP contribution in [-0.4, -0.2) is 20.2 Å². The summed E-state index contributed by atoms with van der Waals surface area (Å²) >= 11 is 0. The maximum atomic E-state index is 5.98. The molecule has 1 aliphatic rings. The van der Waals surface area contributed by atoms with Gasteiger partial charge in [0.05, 0.1) is 6.10 Å². The van der Waals surface area contributed by atoms with E-state index in [2.05, 4.69) is 51.0 Å². The van der Waals surface area contributed by atoms with Crippen LogP contribution in [0.1, 0.15) is 38.2 Å². The van der Waals surface area contributed by atoms with E-state index in [0.717, 1.165) is 5.75 Å². The third-order valence-electron chi connectivity index (χ3n) is 2.95. The Balaban J connectivity index is 2.29. The lowest BCUT2D eigenvalue weighted by atomic mass is 10.0. The fraction of sp³-hybridized carbons (Fsp3) is 0.571. The Bertz CT molecular complexity index is 367. The van der Waals surface area contributed by atoms with Crippen LogP contribution >= 0.6 is 0 Å². The molecule has 88 valence electrons. The number of hydrogen-bond acceptors (Lipinski definition) is 2. The molecule has 1 fully saturated rings. The molecule has 0 radical (unpaired) electrons. The monoisotopic (exact) mass is 219 g/mol. The van der Waals surface area contributed by atoms with Gasteiger partial charge in [-0.1, -0.05) is 19.9 Å². The molecule has 16 heavy (non-hydrogen) atoms. The first kappa shape index (κ1) is 11.3. The molecule has 0 aromatic heterocycles. The Morgan fingerprint density at radius 2 is 1.94 bits per heavy atom. The van der Waals surface area contributed by atoms with E-state index in [-0.39, 0.29) is 0 Å².